The first-order chi connectivity index (χ1) is 8.86. The average Bonchev–Trinajstić information content (AvgIpc) is 2.88. The van der Waals surface area contributed by atoms with Crippen LogP contribution in [0.25, 0.3) is 0 Å². The van der Waals surface area contributed by atoms with Crippen molar-refractivity contribution in [2.75, 3.05) is 32.7 Å². The van der Waals surface area contributed by atoms with Crippen molar-refractivity contribution in [2.24, 2.45) is 11.8 Å². The number of nitrogens with zero attached hydrogens (tertiary/aromatic N) is 3. The third-order valence-electron chi connectivity index (χ3n) is 4.97. The predicted molar refractivity (Wildman–Crippen MR) is 72.1 cm³/mol. The SMILES string of the molecule is N#CC[C@@H](C1CC1)N1CC[C@H](CN2CCCC2)C1. The molecule has 2 aliphatic heterocycles. The van der Waals surface area contributed by atoms with E-state index in [-0.39, 0.29) is 0 Å². The van der Waals surface area contributed by atoms with Gasteiger partial charge in [0.05, 0.1) is 12.5 Å². The number of hydrogen-bond donors (Lipinski definition) is 0. The third kappa shape index (κ3) is 2.87. The molecule has 3 heteroatoms. The van der Waals surface area contributed by atoms with Crippen LogP contribution in [0.4, 0.5) is 0 Å². The van der Waals surface area contributed by atoms with E-state index < -0.39 is 0 Å². The second-order valence-electron chi connectivity index (χ2n) is 6.42. The van der Waals surface area contributed by atoms with Gasteiger partial charge in [-0.15, -0.1) is 0 Å². The molecule has 0 bridgehead atoms. The maximum atomic E-state index is 8.98. The molecule has 1 aliphatic carbocycles. The molecule has 0 N–H and O–H groups in total. The quantitative estimate of drug-likeness (QED) is 0.745. The minimum atomic E-state index is 0.582. The molecule has 0 amide bonds. The van der Waals surface area contributed by atoms with Gasteiger partial charge in [0.15, 0.2) is 0 Å². The standard InChI is InChI=1S/C15H25N3/c16-7-5-15(14-3-4-14)18-10-6-13(12-18)11-17-8-1-2-9-17/h13-15H,1-6,8-12H2/t13-,15+/m1/s1. The first kappa shape index (κ1) is 12.4. The molecular weight excluding hydrogens is 222 g/mol. The summed E-state index contributed by atoms with van der Waals surface area (Å²) in [6.07, 6.45) is 7.62. The molecule has 3 nitrogen and oxygen atoms in total. The molecule has 0 radical (unpaired) electrons. The molecule has 100 valence electrons. The summed E-state index contributed by atoms with van der Waals surface area (Å²) in [5, 5.41) is 8.98. The lowest BCUT2D eigenvalue weighted by Gasteiger charge is -2.26. The lowest BCUT2D eigenvalue weighted by Crippen LogP contribution is -2.36. The summed E-state index contributed by atoms with van der Waals surface area (Å²) in [5.41, 5.74) is 0. The Hall–Kier alpha value is -0.590. The van der Waals surface area contributed by atoms with Gasteiger partial charge in [-0.3, -0.25) is 4.90 Å². The van der Waals surface area contributed by atoms with Gasteiger partial charge in [0.25, 0.3) is 0 Å². The summed E-state index contributed by atoms with van der Waals surface area (Å²) < 4.78 is 0. The Balaban J connectivity index is 1.49. The zero-order chi connectivity index (χ0) is 12.4. The monoisotopic (exact) mass is 247 g/mol. The Morgan fingerprint density at radius 2 is 1.89 bits per heavy atom. The van der Waals surface area contributed by atoms with Crippen LogP contribution in [-0.2, 0) is 0 Å². The van der Waals surface area contributed by atoms with E-state index in [0.717, 1.165) is 18.3 Å². The fourth-order valence-electron chi connectivity index (χ4n) is 3.81. The van der Waals surface area contributed by atoms with Gasteiger partial charge >= 0.3 is 0 Å². The molecule has 2 saturated heterocycles. The number of rotatable bonds is 5. The minimum absolute atomic E-state index is 0.582. The Bertz CT molecular complexity index is 312. The highest BCUT2D eigenvalue weighted by atomic mass is 15.2. The highest BCUT2D eigenvalue weighted by Crippen LogP contribution is 2.38. The largest absolute Gasteiger partial charge is 0.303 e. The van der Waals surface area contributed by atoms with Gasteiger partial charge in [-0.2, -0.15) is 5.26 Å². The van der Waals surface area contributed by atoms with E-state index in [1.165, 1.54) is 64.8 Å². The van der Waals surface area contributed by atoms with Crippen molar-refractivity contribution in [1.82, 2.24) is 9.80 Å². The van der Waals surface area contributed by atoms with E-state index >= 15 is 0 Å². The van der Waals surface area contributed by atoms with Gasteiger partial charge in [-0.05, 0) is 63.6 Å². The molecule has 0 aromatic rings. The van der Waals surface area contributed by atoms with Crippen molar-refractivity contribution in [1.29, 1.82) is 5.26 Å². The van der Waals surface area contributed by atoms with E-state index in [0.29, 0.717) is 6.04 Å². The van der Waals surface area contributed by atoms with Crippen LogP contribution < -0.4 is 0 Å². The summed E-state index contributed by atoms with van der Waals surface area (Å²) in [4.78, 5) is 5.27. The van der Waals surface area contributed by atoms with Crippen molar-refractivity contribution in [3.8, 4) is 6.07 Å². The summed E-state index contributed by atoms with van der Waals surface area (Å²) in [5.74, 6) is 1.71. The van der Waals surface area contributed by atoms with Crippen molar-refractivity contribution in [3.63, 3.8) is 0 Å². The molecule has 2 atom stereocenters. The molecule has 0 aromatic carbocycles. The summed E-state index contributed by atoms with van der Waals surface area (Å²) in [7, 11) is 0. The van der Waals surface area contributed by atoms with Gasteiger partial charge < -0.3 is 4.90 Å². The van der Waals surface area contributed by atoms with Crippen molar-refractivity contribution >= 4 is 0 Å². The van der Waals surface area contributed by atoms with Gasteiger partial charge in [0.2, 0.25) is 0 Å². The smallest absolute Gasteiger partial charge is 0.0638 e. The summed E-state index contributed by atoms with van der Waals surface area (Å²) in [6, 6.07) is 2.98. The number of nitriles is 1. The van der Waals surface area contributed by atoms with Crippen LogP contribution in [0.2, 0.25) is 0 Å². The second kappa shape index (κ2) is 5.59. The van der Waals surface area contributed by atoms with Crippen LogP contribution in [0.1, 0.15) is 38.5 Å². The molecule has 0 spiro atoms. The van der Waals surface area contributed by atoms with Crippen LogP contribution in [0, 0.1) is 23.2 Å². The van der Waals surface area contributed by atoms with Crippen LogP contribution >= 0.6 is 0 Å². The van der Waals surface area contributed by atoms with Crippen LogP contribution in [0.3, 0.4) is 0 Å². The Morgan fingerprint density at radius 1 is 1.11 bits per heavy atom. The molecule has 0 aromatic heterocycles. The van der Waals surface area contributed by atoms with E-state index in [2.05, 4.69) is 15.9 Å². The lowest BCUT2D eigenvalue weighted by molar-refractivity contribution is 0.202. The number of likely N-dealkylation sites (tertiary alicyclic amines) is 2. The lowest BCUT2D eigenvalue weighted by atomic mass is 10.1. The predicted octanol–water partition coefficient (Wildman–Crippen LogP) is 2.10. The Morgan fingerprint density at radius 3 is 2.56 bits per heavy atom. The Labute approximate surface area is 111 Å². The maximum absolute atomic E-state index is 8.98. The fourth-order valence-corrected chi connectivity index (χ4v) is 3.81. The highest BCUT2D eigenvalue weighted by molar-refractivity contribution is 4.96. The van der Waals surface area contributed by atoms with E-state index in [1.807, 2.05) is 0 Å². The van der Waals surface area contributed by atoms with Crippen molar-refractivity contribution in [2.45, 2.75) is 44.6 Å². The highest BCUT2D eigenvalue weighted by Gasteiger charge is 2.38. The summed E-state index contributed by atoms with van der Waals surface area (Å²) >= 11 is 0. The second-order valence-corrected chi connectivity index (χ2v) is 6.42. The average molecular weight is 247 g/mol. The third-order valence-corrected chi connectivity index (χ3v) is 4.97. The number of hydrogen-bond acceptors (Lipinski definition) is 3. The molecular formula is C15H25N3. The first-order valence-corrected chi connectivity index (χ1v) is 7.70. The molecule has 3 rings (SSSR count). The first-order valence-electron chi connectivity index (χ1n) is 7.70. The van der Waals surface area contributed by atoms with E-state index in [1.54, 1.807) is 0 Å². The Kier molecular flexibility index (Phi) is 3.86. The fraction of sp³-hybridized carbons (Fsp3) is 0.933. The molecule has 18 heavy (non-hydrogen) atoms. The molecule has 3 aliphatic rings. The molecule has 2 heterocycles. The van der Waals surface area contributed by atoms with Crippen LogP contribution in [0.5, 0.6) is 0 Å². The maximum Gasteiger partial charge on any atom is 0.0638 e. The topological polar surface area (TPSA) is 30.3 Å². The molecule has 1 saturated carbocycles. The van der Waals surface area contributed by atoms with E-state index in [9.17, 15) is 0 Å². The van der Waals surface area contributed by atoms with Crippen LogP contribution in [0.15, 0.2) is 0 Å². The zero-order valence-corrected chi connectivity index (χ0v) is 11.4. The van der Waals surface area contributed by atoms with Gasteiger partial charge in [-0.1, -0.05) is 0 Å². The van der Waals surface area contributed by atoms with E-state index in [4.69, 9.17) is 5.26 Å². The van der Waals surface area contributed by atoms with Crippen LogP contribution in [-0.4, -0.2) is 48.6 Å². The van der Waals surface area contributed by atoms with Gasteiger partial charge in [0.1, 0.15) is 0 Å². The normalized spacial score (nSPS) is 31.6. The minimum Gasteiger partial charge on any atom is -0.303 e. The summed E-state index contributed by atoms with van der Waals surface area (Å²) in [6.45, 7) is 6.43. The van der Waals surface area contributed by atoms with Gasteiger partial charge in [0, 0.05) is 19.1 Å². The zero-order valence-electron chi connectivity index (χ0n) is 11.4. The van der Waals surface area contributed by atoms with Crippen molar-refractivity contribution < 1.29 is 0 Å². The van der Waals surface area contributed by atoms with Gasteiger partial charge in [-0.25, -0.2) is 0 Å². The molecule has 3 fully saturated rings. The molecule has 0 unspecified atom stereocenters. The van der Waals surface area contributed by atoms with Crippen molar-refractivity contribution in [3.05, 3.63) is 0 Å².